The summed E-state index contributed by atoms with van der Waals surface area (Å²) in [6, 6.07) is 16.9. The molecule has 1 heterocycles. The molecule has 1 fully saturated rings. The number of methoxy groups -OCH3 is 1. The first kappa shape index (κ1) is 31.4. The van der Waals surface area contributed by atoms with Gasteiger partial charge in [0.1, 0.15) is 18.2 Å². The van der Waals surface area contributed by atoms with E-state index >= 15 is 4.39 Å². The first-order valence-corrected chi connectivity index (χ1v) is 15.8. The SMILES string of the molecule is COc1cc(-c2ccc(OCc3cccc(C(CP(OC)OC)C4CC4)c3)cc2CN(C(C)C)C(C)C)c(F)cn1. The normalized spacial score (nSPS) is 14.3. The summed E-state index contributed by atoms with van der Waals surface area (Å²) in [5.74, 6) is 1.87. The van der Waals surface area contributed by atoms with Gasteiger partial charge < -0.3 is 18.5 Å². The maximum Gasteiger partial charge on any atom is 0.213 e. The lowest BCUT2D eigenvalue weighted by atomic mass is 9.95. The summed E-state index contributed by atoms with van der Waals surface area (Å²) in [7, 11) is 4.10. The Bertz CT molecular complexity index is 1270. The molecule has 0 N–H and O–H groups in total. The predicted molar refractivity (Wildman–Crippen MR) is 164 cm³/mol. The Balaban J connectivity index is 1.59. The predicted octanol–water partition coefficient (Wildman–Crippen LogP) is 8.19. The van der Waals surface area contributed by atoms with Crippen LogP contribution >= 0.6 is 8.38 Å². The van der Waals surface area contributed by atoms with Crippen LogP contribution in [0.25, 0.3) is 11.1 Å². The minimum Gasteiger partial charge on any atom is -0.489 e. The molecule has 3 aromatic rings. The van der Waals surface area contributed by atoms with Crippen LogP contribution in [0.3, 0.4) is 0 Å². The summed E-state index contributed by atoms with van der Waals surface area (Å²) in [6.07, 6.45) is 4.63. The van der Waals surface area contributed by atoms with Crippen LogP contribution < -0.4 is 9.47 Å². The quantitative estimate of drug-likeness (QED) is 0.168. The van der Waals surface area contributed by atoms with Gasteiger partial charge in [0.25, 0.3) is 0 Å². The summed E-state index contributed by atoms with van der Waals surface area (Å²) < 4.78 is 37.8. The number of pyridine rings is 1. The van der Waals surface area contributed by atoms with E-state index in [0.717, 1.165) is 28.6 Å². The van der Waals surface area contributed by atoms with Crippen LogP contribution in [0, 0.1) is 11.7 Å². The minimum atomic E-state index is -0.888. The molecule has 1 saturated carbocycles. The third kappa shape index (κ3) is 8.26. The highest BCUT2D eigenvalue weighted by atomic mass is 31.2. The second-order valence-corrected chi connectivity index (χ2v) is 13.0. The van der Waals surface area contributed by atoms with Crippen LogP contribution in [0.5, 0.6) is 11.6 Å². The molecular weight excluding hydrogens is 538 g/mol. The number of nitrogens with zero attached hydrogens (tertiary/aromatic N) is 2. The third-order valence-electron chi connectivity index (χ3n) is 7.81. The van der Waals surface area contributed by atoms with Crippen molar-refractivity contribution < 1.29 is 22.9 Å². The molecule has 2 aromatic carbocycles. The van der Waals surface area contributed by atoms with E-state index in [1.807, 2.05) is 18.2 Å². The Labute approximate surface area is 246 Å². The van der Waals surface area contributed by atoms with E-state index < -0.39 is 8.38 Å². The molecule has 1 atom stereocenters. The van der Waals surface area contributed by atoms with Crippen molar-refractivity contribution >= 4 is 8.38 Å². The van der Waals surface area contributed by atoms with Gasteiger partial charge in [-0.25, -0.2) is 9.37 Å². The first-order chi connectivity index (χ1) is 19.7. The Hall–Kier alpha value is -2.57. The van der Waals surface area contributed by atoms with Gasteiger partial charge in [-0.2, -0.15) is 0 Å². The molecule has 8 heteroatoms. The average Bonchev–Trinajstić information content (AvgIpc) is 3.81. The van der Waals surface area contributed by atoms with Gasteiger partial charge in [0, 0.05) is 50.6 Å². The summed E-state index contributed by atoms with van der Waals surface area (Å²) in [5, 5.41) is 0. The van der Waals surface area contributed by atoms with E-state index in [0.29, 0.717) is 48.5 Å². The number of benzene rings is 2. The van der Waals surface area contributed by atoms with Crippen LogP contribution in [0.4, 0.5) is 4.39 Å². The average molecular weight is 583 g/mol. The molecule has 1 aliphatic rings. The molecule has 1 aliphatic carbocycles. The summed E-state index contributed by atoms with van der Waals surface area (Å²) in [4.78, 5) is 6.41. The van der Waals surface area contributed by atoms with Gasteiger partial charge in [-0.3, -0.25) is 4.90 Å². The van der Waals surface area contributed by atoms with Crippen molar-refractivity contribution in [3.63, 3.8) is 0 Å². The van der Waals surface area contributed by atoms with Crippen molar-refractivity contribution in [3.05, 3.63) is 77.2 Å². The summed E-state index contributed by atoms with van der Waals surface area (Å²) in [6.45, 7) is 9.83. The van der Waals surface area contributed by atoms with Crippen LogP contribution in [0.2, 0.25) is 0 Å². The maximum absolute atomic E-state index is 15.0. The van der Waals surface area contributed by atoms with Gasteiger partial charge in [-0.05, 0) is 86.8 Å². The molecule has 1 aromatic heterocycles. The lowest BCUT2D eigenvalue weighted by Gasteiger charge is -2.31. The van der Waals surface area contributed by atoms with Gasteiger partial charge in [0.2, 0.25) is 5.88 Å². The zero-order valence-electron chi connectivity index (χ0n) is 25.4. The second kappa shape index (κ2) is 14.6. The summed E-state index contributed by atoms with van der Waals surface area (Å²) in [5.41, 5.74) is 4.71. The number of aromatic nitrogens is 1. The van der Waals surface area contributed by atoms with E-state index in [4.69, 9.17) is 18.5 Å². The van der Waals surface area contributed by atoms with Crippen molar-refractivity contribution in [2.75, 3.05) is 27.5 Å². The fourth-order valence-electron chi connectivity index (χ4n) is 5.44. The highest BCUT2D eigenvalue weighted by molar-refractivity contribution is 7.47. The van der Waals surface area contributed by atoms with Crippen LogP contribution in [0.1, 0.15) is 63.1 Å². The van der Waals surface area contributed by atoms with Gasteiger partial charge in [0.05, 0.1) is 13.3 Å². The third-order valence-corrected chi connectivity index (χ3v) is 9.32. The monoisotopic (exact) mass is 582 g/mol. The van der Waals surface area contributed by atoms with Crippen molar-refractivity contribution in [1.82, 2.24) is 9.88 Å². The van der Waals surface area contributed by atoms with Gasteiger partial charge in [-0.15, -0.1) is 0 Å². The van der Waals surface area contributed by atoms with Crippen molar-refractivity contribution in [1.29, 1.82) is 0 Å². The molecule has 0 amide bonds. The van der Waals surface area contributed by atoms with Crippen LogP contribution in [-0.4, -0.2) is 49.5 Å². The molecule has 6 nitrogen and oxygen atoms in total. The number of ether oxygens (including phenoxy) is 2. The van der Waals surface area contributed by atoms with Gasteiger partial charge >= 0.3 is 0 Å². The molecule has 1 unspecified atom stereocenters. The highest BCUT2D eigenvalue weighted by Gasteiger charge is 2.34. The number of halogens is 1. The highest BCUT2D eigenvalue weighted by Crippen LogP contribution is 2.50. The van der Waals surface area contributed by atoms with E-state index in [1.165, 1.54) is 31.7 Å². The summed E-state index contributed by atoms with van der Waals surface area (Å²) >= 11 is 0. The molecule has 222 valence electrons. The van der Waals surface area contributed by atoms with Crippen molar-refractivity contribution in [2.24, 2.45) is 5.92 Å². The molecule has 0 aliphatic heterocycles. The van der Waals surface area contributed by atoms with E-state index in [1.54, 1.807) is 20.3 Å². The zero-order valence-corrected chi connectivity index (χ0v) is 26.3. The fraction of sp³-hybridized carbons (Fsp3) is 0.485. The molecule has 0 spiro atoms. The largest absolute Gasteiger partial charge is 0.489 e. The first-order valence-electron chi connectivity index (χ1n) is 14.4. The fourth-order valence-corrected chi connectivity index (χ4v) is 6.72. The molecular formula is C33H44FN2O4P. The molecule has 0 radical (unpaired) electrons. The van der Waals surface area contributed by atoms with Crippen LogP contribution in [-0.2, 0) is 22.2 Å². The number of rotatable bonds is 15. The number of hydrogen-bond acceptors (Lipinski definition) is 6. The standard InChI is InChI=1S/C33H44FN2O4P/c1-22(2)36(23(3)4)19-27-16-28(13-14-29(27)30-17-33(37-5)35-18-32(30)34)40-20-24-9-8-10-26(15-24)31(25-11-12-25)21-41(38-6)39-7/h8-10,13-18,22-23,25,31H,11-12,19-21H2,1-7H3. The second-order valence-electron chi connectivity index (χ2n) is 11.2. The Morgan fingerprint density at radius 2 is 1.68 bits per heavy atom. The minimum absolute atomic E-state index is 0.323. The van der Waals surface area contributed by atoms with E-state index in [9.17, 15) is 0 Å². The lowest BCUT2D eigenvalue weighted by molar-refractivity contribution is 0.166. The molecule has 0 bridgehead atoms. The Morgan fingerprint density at radius 1 is 0.951 bits per heavy atom. The topological polar surface area (TPSA) is 53.1 Å². The van der Waals surface area contributed by atoms with Crippen molar-refractivity contribution in [3.8, 4) is 22.8 Å². The van der Waals surface area contributed by atoms with Gasteiger partial charge in [-0.1, -0.05) is 30.3 Å². The van der Waals surface area contributed by atoms with Crippen LogP contribution in [0.15, 0.2) is 54.7 Å². The van der Waals surface area contributed by atoms with Crippen molar-refractivity contribution in [2.45, 2.75) is 71.7 Å². The van der Waals surface area contributed by atoms with Gasteiger partial charge in [0.15, 0.2) is 8.38 Å². The molecule has 41 heavy (non-hydrogen) atoms. The Kier molecular flexibility index (Phi) is 11.1. The lowest BCUT2D eigenvalue weighted by Crippen LogP contribution is -2.36. The smallest absolute Gasteiger partial charge is 0.213 e. The molecule has 0 saturated heterocycles. The zero-order chi connectivity index (χ0) is 29.5. The Morgan fingerprint density at radius 3 is 2.32 bits per heavy atom. The van der Waals surface area contributed by atoms with E-state index in [-0.39, 0.29) is 5.82 Å². The van der Waals surface area contributed by atoms with E-state index in [2.05, 4.69) is 61.8 Å². The maximum atomic E-state index is 15.0. The number of hydrogen-bond donors (Lipinski definition) is 0. The molecule has 4 rings (SSSR count).